The van der Waals surface area contributed by atoms with Gasteiger partial charge in [0.05, 0.1) is 5.75 Å². The summed E-state index contributed by atoms with van der Waals surface area (Å²) in [6, 6.07) is 26.5. The minimum atomic E-state index is 0.0430. The molecule has 0 atom stereocenters. The van der Waals surface area contributed by atoms with Gasteiger partial charge < -0.3 is 9.80 Å². The Hall–Kier alpha value is -3.58. The van der Waals surface area contributed by atoms with E-state index in [0.717, 1.165) is 28.3 Å². The van der Waals surface area contributed by atoms with E-state index >= 15 is 0 Å². The topological polar surface area (TPSA) is 54.3 Å². The van der Waals surface area contributed by atoms with Crippen molar-refractivity contribution in [2.45, 2.75) is 18.6 Å². The average molecular weight is 472 g/mol. The summed E-state index contributed by atoms with van der Waals surface area (Å²) in [7, 11) is 5.86. The van der Waals surface area contributed by atoms with E-state index in [2.05, 4.69) is 70.6 Å². The Morgan fingerprint density at radius 1 is 0.882 bits per heavy atom. The van der Waals surface area contributed by atoms with Gasteiger partial charge in [-0.3, -0.25) is 9.36 Å². The number of rotatable bonds is 8. The van der Waals surface area contributed by atoms with Crippen LogP contribution in [0.5, 0.6) is 0 Å². The molecular formula is C27H29N5OS. The van der Waals surface area contributed by atoms with Gasteiger partial charge in [0.25, 0.3) is 0 Å². The molecule has 34 heavy (non-hydrogen) atoms. The molecule has 0 N–H and O–H groups in total. The molecule has 7 heteroatoms. The Balaban J connectivity index is 1.50. The highest BCUT2D eigenvalue weighted by molar-refractivity contribution is 7.99. The summed E-state index contributed by atoms with van der Waals surface area (Å²) in [4.78, 5) is 16.7. The number of anilines is 1. The van der Waals surface area contributed by atoms with Crippen LogP contribution in [0.3, 0.4) is 0 Å². The largest absolute Gasteiger partial charge is 0.378 e. The highest BCUT2D eigenvalue weighted by Gasteiger charge is 2.18. The Kier molecular flexibility index (Phi) is 7.33. The van der Waals surface area contributed by atoms with Crippen LogP contribution in [-0.2, 0) is 11.3 Å². The van der Waals surface area contributed by atoms with Gasteiger partial charge >= 0.3 is 0 Å². The molecule has 0 unspecified atom stereocenters. The summed E-state index contributed by atoms with van der Waals surface area (Å²) in [5, 5.41) is 9.59. The number of benzene rings is 3. The quantitative estimate of drug-likeness (QED) is 0.336. The van der Waals surface area contributed by atoms with E-state index in [0.29, 0.717) is 11.7 Å². The summed E-state index contributed by atoms with van der Waals surface area (Å²) in [6.07, 6.45) is 0. The van der Waals surface area contributed by atoms with Gasteiger partial charge in [-0.25, -0.2) is 0 Å². The third kappa shape index (κ3) is 5.48. The smallest absolute Gasteiger partial charge is 0.233 e. The molecule has 0 radical (unpaired) electrons. The van der Waals surface area contributed by atoms with Crippen LogP contribution in [0, 0.1) is 6.92 Å². The summed E-state index contributed by atoms with van der Waals surface area (Å²) in [5.41, 5.74) is 5.37. The third-order valence-corrected chi connectivity index (χ3v) is 6.49. The maximum atomic E-state index is 12.9. The van der Waals surface area contributed by atoms with Crippen LogP contribution in [0.1, 0.15) is 11.1 Å². The molecule has 0 aliphatic rings. The van der Waals surface area contributed by atoms with Crippen molar-refractivity contribution in [2.24, 2.45) is 0 Å². The molecule has 3 aromatic carbocycles. The first-order valence-electron chi connectivity index (χ1n) is 11.1. The van der Waals surface area contributed by atoms with Crippen molar-refractivity contribution in [1.29, 1.82) is 0 Å². The Morgan fingerprint density at radius 2 is 1.56 bits per heavy atom. The second-order valence-electron chi connectivity index (χ2n) is 8.44. The average Bonchev–Trinajstić information content (AvgIpc) is 3.27. The lowest BCUT2D eigenvalue weighted by atomic mass is 10.2. The van der Waals surface area contributed by atoms with Gasteiger partial charge in [-0.15, -0.1) is 10.2 Å². The lowest BCUT2D eigenvalue weighted by Gasteiger charge is -2.18. The van der Waals surface area contributed by atoms with Crippen molar-refractivity contribution in [3.63, 3.8) is 0 Å². The molecule has 4 rings (SSSR count). The normalized spacial score (nSPS) is 10.8. The van der Waals surface area contributed by atoms with E-state index in [1.165, 1.54) is 17.3 Å². The summed E-state index contributed by atoms with van der Waals surface area (Å²) in [6.45, 7) is 2.62. The first-order chi connectivity index (χ1) is 16.4. The van der Waals surface area contributed by atoms with Crippen molar-refractivity contribution in [1.82, 2.24) is 19.7 Å². The fourth-order valence-corrected chi connectivity index (χ4v) is 4.45. The zero-order chi connectivity index (χ0) is 24.1. The molecule has 6 nitrogen and oxygen atoms in total. The lowest BCUT2D eigenvalue weighted by molar-refractivity contribution is -0.127. The predicted octanol–water partition coefficient (Wildman–Crippen LogP) is 5.06. The highest BCUT2D eigenvalue weighted by atomic mass is 32.2. The zero-order valence-corrected chi connectivity index (χ0v) is 20.8. The second kappa shape index (κ2) is 10.6. The van der Waals surface area contributed by atoms with Gasteiger partial charge in [0.1, 0.15) is 0 Å². The minimum absolute atomic E-state index is 0.0430. The predicted molar refractivity (Wildman–Crippen MR) is 139 cm³/mol. The van der Waals surface area contributed by atoms with Crippen molar-refractivity contribution in [3.05, 3.63) is 90.0 Å². The van der Waals surface area contributed by atoms with Gasteiger partial charge in [0.15, 0.2) is 11.0 Å². The van der Waals surface area contributed by atoms with Gasteiger partial charge in [-0.1, -0.05) is 71.9 Å². The minimum Gasteiger partial charge on any atom is -0.378 e. The fraction of sp³-hybridized carbons (Fsp3) is 0.222. The van der Waals surface area contributed by atoms with Crippen LogP contribution < -0.4 is 4.90 Å². The fourth-order valence-electron chi connectivity index (χ4n) is 3.56. The Morgan fingerprint density at radius 3 is 2.21 bits per heavy atom. The molecule has 0 saturated carbocycles. The number of hydrogen-bond donors (Lipinski definition) is 0. The van der Waals surface area contributed by atoms with E-state index in [1.54, 1.807) is 4.90 Å². The molecule has 0 fully saturated rings. The number of carbonyl (C=O) groups excluding carboxylic acids is 1. The first kappa shape index (κ1) is 23.6. The van der Waals surface area contributed by atoms with Crippen molar-refractivity contribution in [3.8, 4) is 17.1 Å². The molecule has 0 aliphatic heterocycles. The summed E-state index contributed by atoms with van der Waals surface area (Å²) >= 11 is 1.41. The highest BCUT2D eigenvalue weighted by Crippen LogP contribution is 2.28. The van der Waals surface area contributed by atoms with Gasteiger partial charge in [-0.05, 0) is 36.8 Å². The number of aromatic nitrogens is 3. The first-order valence-corrected chi connectivity index (χ1v) is 12.1. The van der Waals surface area contributed by atoms with E-state index in [4.69, 9.17) is 0 Å². The number of amides is 1. The molecular weight excluding hydrogens is 442 g/mol. The monoisotopic (exact) mass is 471 g/mol. The lowest BCUT2D eigenvalue weighted by Crippen LogP contribution is -2.28. The van der Waals surface area contributed by atoms with Crippen LogP contribution in [0.15, 0.2) is 84.0 Å². The molecule has 0 bridgehead atoms. The summed E-state index contributed by atoms with van der Waals surface area (Å²) < 4.78 is 2.02. The van der Waals surface area contributed by atoms with Gasteiger partial charge in [-0.2, -0.15) is 0 Å². The van der Waals surface area contributed by atoms with Crippen LogP contribution in [0.2, 0.25) is 0 Å². The number of nitrogens with zero attached hydrogens (tertiary/aromatic N) is 5. The molecule has 0 saturated heterocycles. The standard InChI is InChI=1S/C27H29N5OS/c1-20-10-14-24(15-11-20)32-26(22-8-6-5-7-9-22)28-29-27(32)34-19-25(33)31(4)18-21-12-16-23(17-13-21)30(2)3/h5-17H,18-19H2,1-4H3. The van der Waals surface area contributed by atoms with Crippen molar-refractivity contribution >= 4 is 23.4 Å². The zero-order valence-electron chi connectivity index (χ0n) is 20.0. The van der Waals surface area contributed by atoms with Crippen LogP contribution in [0.25, 0.3) is 17.1 Å². The number of aryl methyl sites for hydroxylation is 1. The van der Waals surface area contributed by atoms with Crippen LogP contribution in [-0.4, -0.2) is 52.5 Å². The molecule has 0 spiro atoms. The van der Waals surface area contributed by atoms with E-state index in [9.17, 15) is 4.79 Å². The van der Waals surface area contributed by atoms with Crippen LogP contribution >= 0.6 is 11.8 Å². The van der Waals surface area contributed by atoms with Crippen LogP contribution in [0.4, 0.5) is 5.69 Å². The maximum absolute atomic E-state index is 12.9. The number of carbonyl (C=O) groups is 1. The SMILES string of the molecule is Cc1ccc(-n2c(SCC(=O)N(C)Cc3ccc(N(C)C)cc3)nnc2-c2ccccc2)cc1. The van der Waals surface area contributed by atoms with E-state index in [1.807, 2.05) is 56.0 Å². The third-order valence-electron chi connectivity index (χ3n) is 5.58. The van der Waals surface area contributed by atoms with Crippen molar-refractivity contribution < 1.29 is 4.79 Å². The van der Waals surface area contributed by atoms with Crippen molar-refractivity contribution in [2.75, 3.05) is 31.8 Å². The number of thioether (sulfide) groups is 1. The Labute approximate surface area is 205 Å². The summed E-state index contributed by atoms with van der Waals surface area (Å²) in [5.74, 6) is 1.08. The molecule has 0 aliphatic carbocycles. The molecule has 1 aromatic heterocycles. The molecule has 174 valence electrons. The van der Waals surface area contributed by atoms with Gasteiger partial charge in [0.2, 0.25) is 5.91 Å². The maximum Gasteiger partial charge on any atom is 0.233 e. The molecule has 1 heterocycles. The number of hydrogen-bond acceptors (Lipinski definition) is 5. The van der Waals surface area contributed by atoms with E-state index in [-0.39, 0.29) is 11.7 Å². The second-order valence-corrected chi connectivity index (χ2v) is 9.39. The molecule has 1 amide bonds. The van der Waals surface area contributed by atoms with E-state index < -0.39 is 0 Å². The Bertz CT molecular complexity index is 1230. The van der Waals surface area contributed by atoms with Gasteiger partial charge in [0, 0.05) is 44.6 Å². The molecule has 4 aromatic rings.